The first-order valence-electron chi connectivity index (χ1n) is 9.38. The maximum absolute atomic E-state index is 12.5. The van der Waals surface area contributed by atoms with E-state index in [4.69, 9.17) is 0 Å². The molecule has 1 fully saturated rings. The first-order chi connectivity index (χ1) is 13.2. The Hall–Kier alpha value is -3.14. The molecular formula is C23H22N2O2. The maximum atomic E-state index is 12.5. The third-order valence-electron chi connectivity index (χ3n) is 5.02. The summed E-state index contributed by atoms with van der Waals surface area (Å²) < 4.78 is 0. The number of rotatable bonds is 4. The van der Waals surface area contributed by atoms with Gasteiger partial charge in [-0.25, -0.2) is 0 Å². The molecule has 0 aliphatic carbocycles. The molecule has 136 valence electrons. The lowest BCUT2D eigenvalue weighted by Crippen LogP contribution is -2.35. The summed E-state index contributed by atoms with van der Waals surface area (Å²) in [4.78, 5) is 26.3. The molecule has 4 nitrogen and oxygen atoms in total. The number of fused-ring (bicyclic) bond motifs is 1. The van der Waals surface area contributed by atoms with E-state index in [-0.39, 0.29) is 11.8 Å². The molecule has 0 atom stereocenters. The largest absolute Gasteiger partial charge is 0.326 e. The Morgan fingerprint density at radius 1 is 0.926 bits per heavy atom. The van der Waals surface area contributed by atoms with Crippen LogP contribution in [0.1, 0.15) is 24.8 Å². The highest BCUT2D eigenvalue weighted by atomic mass is 16.2. The van der Waals surface area contributed by atoms with Crippen molar-refractivity contribution >= 4 is 34.0 Å². The fourth-order valence-corrected chi connectivity index (χ4v) is 3.63. The van der Waals surface area contributed by atoms with E-state index in [0.29, 0.717) is 12.8 Å². The first-order valence-corrected chi connectivity index (χ1v) is 9.38. The standard InChI is InChI=1S/C23H22N2O2/c26-22(16-18-8-5-7-17-6-1-2-9-21(17)18)24-19-11-13-20(14-12-19)25-15-4-3-10-23(25)27/h1-2,5-9,11-14H,3-4,10,15-16H2,(H,24,26). The molecule has 0 radical (unpaired) electrons. The zero-order valence-corrected chi connectivity index (χ0v) is 15.2. The van der Waals surface area contributed by atoms with Crippen LogP contribution in [-0.2, 0) is 16.0 Å². The summed E-state index contributed by atoms with van der Waals surface area (Å²) >= 11 is 0. The highest BCUT2D eigenvalue weighted by Crippen LogP contribution is 2.23. The van der Waals surface area contributed by atoms with Crippen molar-refractivity contribution in [3.63, 3.8) is 0 Å². The number of nitrogens with one attached hydrogen (secondary N) is 1. The fraction of sp³-hybridized carbons (Fsp3) is 0.217. The zero-order valence-electron chi connectivity index (χ0n) is 15.2. The van der Waals surface area contributed by atoms with E-state index in [1.807, 2.05) is 59.5 Å². The predicted molar refractivity (Wildman–Crippen MR) is 109 cm³/mol. The summed E-state index contributed by atoms with van der Waals surface area (Å²) in [5.74, 6) is 0.127. The quantitative estimate of drug-likeness (QED) is 0.744. The Labute approximate surface area is 158 Å². The van der Waals surface area contributed by atoms with Crippen LogP contribution in [0.25, 0.3) is 10.8 Å². The van der Waals surface area contributed by atoms with E-state index < -0.39 is 0 Å². The van der Waals surface area contributed by atoms with Gasteiger partial charge in [0.2, 0.25) is 11.8 Å². The summed E-state index contributed by atoms with van der Waals surface area (Å²) in [6.07, 6.45) is 2.95. The van der Waals surface area contributed by atoms with Gasteiger partial charge in [0, 0.05) is 24.3 Å². The van der Waals surface area contributed by atoms with E-state index in [1.54, 1.807) is 0 Å². The molecule has 4 heteroatoms. The normalized spacial score (nSPS) is 14.4. The molecule has 1 aliphatic heterocycles. The van der Waals surface area contributed by atoms with Crippen molar-refractivity contribution in [3.05, 3.63) is 72.3 Å². The molecule has 0 bridgehead atoms. The van der Waals surface area contributed by atoms with Gasteiger partial charge in [0.15, 0.2) is 0 Å². The Balaban J connectivity index is 1.44. The minimum atomic E-state index is -0.0480. The number of carbonyl (C=O) groups excluding carboxylic acids is 2. The highest BCUT2D eigenvalue weighted by Gasteiger charge is 2.19. The SMILES string of the molecule is O=C(Cc1cccc2ccccc12)Nc1ccc(N2CCCCC2=O)cc1. The maximum Gasteiger partial charge on any atom is 0.228 e. The highest BCUT2D eigenvalue weighted by molar-refractivity contribution is 5.97. The zero-order chi connectivity index (χ0) is 18.6. The molecule has 2 amide bonds. The van der Waals surface area contributed by atoms with E-state index in [9.17, 15) is 9.59 Å². The van der Waals surface area contributed by atoms with Gasteiger partial charge in [-0.05, 0) is 53.4 Å². The van der Waals surface area contributed by atoms with Gasteiger partial charge in [0.25, 0.3) is 0 Å². The molecule has 3 aromatic rings. The molecule has 1 saturated heterocycles. The summed E-state index contributed by atoms with van der Waals surface area (Å²) in [7, 11) is 0. The molecular weight excluding hydrogens is 336 g/mol. The van der Waals surface area contributed by atoms with E-state index in [1.165, 1.54) is 0 Å². The lowest BCUT2D eigenvalue weighted by atomic mass is 10.0. The van der Waals surface area contributed by atoms with Crippen LogP contribution in [0.4, 0.5) is 11.4 Å². The number of hydrogen-bond acceptors (Lipinski definition) is 2. The summed E-state index contributed by atoms with van der Waals surface area (Å²) in [5.41, 5.74) is 2.65. The van der Waals surface area contributed by atoms with Crippen molar-refractivity contribution in [2.24, 2.45) is 0 Å². The van der Waals surface area contributed by atoms with Crippen molar-refractivity contribution in [2.45, 2.75) is 25.7 Å². The van der Waals surface area contributed by atoms with Crippen LogP contribution in [0, 0.1) is 0 Å². The van der Waals surface area contributed by atoms with Crippen LogP contribution >= 0.6 is 0 Å². The van der Waals surface area contributed by atoms with Gasteiger partial charge in [-0.15, -0.1) is 0 Å². The first kappa shape index (κ1) is 17.3. The monoisotopic (exact) mass is 358 g/mol. The third-order valence-corrected chi connectivity index (χ3v) is 5.02. The second-order valence-electron chi connectivity index (χ2n) is 6.91. The smallest absolute Gasteiger partial charge is 0.228 e. The van der Waals surface area contributed by atoms with Crippen molar-refractivity contribution in [1.82, 2.24) is 0 Å². The van der Waals surface area contributed by atoms with Gasteiger partial charge >= 0.3 is 0 Å². The van der Waals surface area contributed by atoms with E-state index >= 15 is 0 Å². The predicted octanol–water partition coefficient (Wildman–Crippen LogP) is 4.54. The van der Waals surface area contributed by atoms with Gasteiger partial charge in [-0.3, -0.25) is 9.59 Å². The molecule has 0 spiro atoms. The van der Waals surface area contributed by atoms with Crippen LogP contribution in [0.15, 0.2) is 66.7 Å². The summed E-state index contributed by atoms with van der Waals surface area (Å²) in [6, 6.07) is 21.6. The molecule has 1 aliphatic rings. The average Bonchev–Trinajstić information content (AvgIpc) is 2.69. The van der Waals surface area contributed by atoms with Gasteiger partial charge in [0.05, 0.1) is 6.42 Å². The Morgan fingerprint density at radius 3 is 2.52 bits per heavy atom. The molecule has 4 rings (SSSR count). The summed E-state index contributed by atoms with van der Waals surface area (Å²) in [6.45, 7) is 0.769. The topological polar surface area (TPSA) is 49.4 Å². The van der Waals surface area contributed by atoms with Crippen LogP contribution < -0.4 is 10.2 Å². The number of nitrogens with zero attached hydrogens (tertiary/aromatic N) is 1. The molecule has 27 heavy (non-hydrogen) atoms. The molecule has 0 unspecified atom stereocenters. The van der Waals surface area contributed by atoms with Gasteiger partial charge < -0.3 is 10.2 Å². The molecule has 1 heterocycles. The van der Waals surface area contributed by atoms with Crippen LogP contribution in [0.3, 0.4) is 0 Å². The third kappa shape index (κ3) is 3.85. The van der Waals surface area contributed by atoms with Gasteiger partial charge in [-0.1, -0.05) is 42.5 Å². The minimum Gasteiger partial charge on any atom is -0.326 e. The lowest BCUT2D eigenvalue weighted by Gasteiger charge is -2.26. The molecule has 1 N–H and O–H groups in total. The number of carbonyl (C=O) groups is 2. The Morgan fingerprint density at radius 2 is 1.70 bits per heavy atom. The second-order valence-corrected chi connectivity index (χ2v) is 6.91. The number of amides is 2. The Kier molecular flexibility index (Phi) is 4.88. The van der Waals surface area contributed by atoms with E-state index in [2.05, 4.69) is 17.4 Å². The average molecular weight is 358 g/mol. The van der Waals surface area contributed by atoms with Crippen LogP contribution in [0.5, 0.6) is 0 Å². The molecule has 3 aromatic carbocycles. The van der Waals surface area contributed by atoms with Crippen molar-refractivity contribution in [2.75, 3.05) is 16.8 Å². The van der Waals surface area contributed by atoms with Gasteiger partial charge in [0.1, 0.15) is 0 Å². The molecule has 0 aromatic heterocycles. The number of anilines is 2. The fourth-order valence-electron chi connectivity index (χ4n) is 3.63. The van der Waals surface area contributed by atoms with Crippen LogP contribution in [-0.4, -0.2) is 18.4 Å². The number of piperidine rings is 1. The second kappa shape index (κ2) is 7.62. The van der Waals surface area contributed by atoms with Crippen molar-refractivity contribution in [1.29, 1.82) is 0 Å². The van der Waals surface area contributed by atoms with Crippen molar-refractivity contribution < 1.29 is 9.59 Å². The summed E-state index contributed by atoms with van der Waals surface area (Å²) in [5, 5.41) is 5.20. The molecule has 0 saturated carbocycles. The minimum absolute atomic E-state index is 0.0480. The number of benzene rings is 3. The van der Waals surface area contributed by atoms with Gasteiger partial charge in [-0.2, -0.15) is 0 Å². The lowest BCUT2D eigenvalue weighted by molar-refractivity contribution is -0.119. The Bertz CT molecular complexity index is 974. The van der Waals surface area contributed by atoms with Crippen LogP contribution in [0.2, 0.25) is 0 Å². The number of hydrogen-bond donors (Lipinski definition) is 1. The van der Waals surface area contributed by atoms with E-state index in [0.717, 1.165) is 47.1 Å². The van der Waals surface area contributed by atoms with Crippen molar-refractivity contribution in [3.8, 4) is 0 Å².